The van der Waals surface area contributed by atoms with Crippen LogP contribution in [0.1, 0.15) is 26.7 Å². The van der Waals surface area contributed by atoms with Gasteiger partial charge in [-0.2, -0.15) is 0 Å². The van der Waals surface area contributed by atoms with E-state index in [4.69, 9.17) is 11.6 Å². The zero-order valence-electron chi connectivity index (χ0n) is 6.33. The lowest BCUT2D eigenvalue weighted by molar-refractivity contribution is -0.0220. The molecule has 0 spiro atoms. The molecule has 3 heteroatoms. The number of alkyl halides is 3. The lowest BCUT2D eigenvalue weighted by Gasteiger charge is -2.16. The predicted octanol–water partition coefficient (Wildman–Crippen LogP) is 3.30. The lowest BCUT2D eigenvalue weighted by atomic mass is 10.0. The predicted molar refractivity (Wildman–Crippen MR) is 39.7 cm³/mol. The van der Waals surface area contributed by atoms with E-state index in [1.165, 1.54) is 6.92 Å². The topological polar surface area (TPSA) is 0 Å². The number of halogens is 3. The molecule has 10 heavy (non-hydrogen) atoms. The Kier molecular flexibility index (Phi) is 4.18. The fourth-order valence-electron chi connectivity index (χ4n) is 0.709. The van der Waals surface area contributed by atoms with Crippen molar-refractivity contribution in [2.75, 3.05) is 5.88 Å². The van der Waals surface area contributed by atoms with Gasteiger partial charge in [0.2, 0.25) is 5.92 Å². The van der Waals surface area contributed by atoms with Crippen LogP contribution in [-0.2, 0) is 0 Å². The second kappa shape index (κ2) is 4.12. The molecule has 0 saturated carbocycles. The van der Waals surface area contributed by atoms with Gasteiger partial charge in [-0.25, -0.2) is 8.78 Å². The molecule has 0 aromatic rings. The molecule has 0 bridgehead atoms. The number of hydrogen-bond donors (Lipinski definition) is 0. The van der Waals surface area contributed by atoms with Crippen LogP contribution < -0.4 is 0 Å². The van der Waals surface area contributed by atoms with E-state index in [9.17, 15) is 8.78 Å². The Hall–Kier alpha value is 0.150. The van der Waals surface area contributed by atoms with E-state index in [2.05, 4.69) is 0 Å². The molecule has 0 aliphatic carbocycles. The molecular weight excluding hydrogens is 158 g/mol. The second-order valence-electron chi connectivity index (χ2n) is 2.67. The molecule has 0 aromatic heterocycles. The van der Waals surface area contributed by atoms with E-state index in [1.807, 2.05) is 0 Å². The van der Waals surface area contributed by atoms with Gasteiger partial charge in [-0.15, -0.1) is 11.6 Å². The van der Waals surface area contributed by atoms with Gasteiger partial charge in [-0.1, -0.05) is 13.8 Å². The standard InChI is InChI=1S/C7H13ClF2/c1-3-7(9,10)4-6(2)5-8/h6H,3-5H2,1-2H3. The minimum absolute atomic E-state index is 0.0865. The van der Waals surface area contributed by atoms with Crippen LogP contribution in [0.5, 0.6) is 0 Å². The first-order valence-corrected chi connectivity index (χ1v) is 3.99. The van der Waals surface area contributed by atoms with Crippen molar-refractivity contribution in [2.24, 2.45) is 5.92 Å². The number of rotatable bonds is 4. The first-order valence-electron chi connectivity index (χ1n) is 3.45. The zero-order valence-corrected chi connectivity index (χ0v) is 7.09. The minimum atomic E-state index is -2.52. The van der Waals surface area contributed by atoms with E-state index >= 15 is 0 Å². The molecule has 0 N–H and O–H groups in total. The van der Waals surface area contributed by atoms with Gasteiger partial charge in [0.05, 0.1) is 0 Å². The van der Waals surface area contributed by atoms with Crippen molar-refractivity contribution >= 4 is 11.6 Å². The maximum atomic E-state index is 12.5. The normalized spacial score (nSPS) is 15.3. The van der Waals surface area contributed by atoms with Crippen molar-refractivity contribution in [3.8, 4) is 0 Å². The van der Waals surface area contributed by atoms with E-state index < -0.39 is 5.92 Å². The Morgan fingerprint density at radius 2 is 2.00 bits per heavy atom. The van der Waals surface area contributed by atoms with Crippen molar-refractivity contribution in [3.05, 3.63) is 0 Å². The Labute approximate surface area is 65.6 Å². The van der Waals surface area contributed by atoms with E-state index in [1.54, 1.807) is 6.92 Å². The fourth-order valence-corrected chi connectivity index (χ4v) is 0.818. The molecule has 0 aliphatic rings. The van der Waals surface area contributed by atoms with Crippen LogP contribution in [0.2, 0.25) is 0 Å². The second-order valence-corrected chi connectivity index (χ2v) is 2.98. The van der Waals surface area contributed by atoms with Crippen LogP contribution in [0.4, 0.5) is 8.78 Å². The van der Waals surface area contributed by atoms with Gasteiger partial charge in [0.1, 0.15) is 0 Å². The van der Waals surface area contributed by atoms with Crippen LogP contribution in [0.15, 0.2) is 0 Å². The molecule has 1 atom stereocenters. The van der Waals surface area contributed by atoms with Crippen LogP contribution in [-0.4, -0.2) is 11.8 Å². The summed E-state index contributed by atoms with van der Waals surface area (Å²) in [6.45, 7) is 3.22. The van der Waals surface area contributed by atoms with E-state index in [0.29, 0.717) is 5.88 Å². The summed E-state index contributed by atoms with van der Waals surface area (Å²) in [5, 5.41) is 0. The summed E-state index contributed by atoms with van der Waals surface area (Å²) in [7, 11) is 0. The summed E-state index contributed by atoms with van der Waals surface area (Å²) in [6.07, 6.45) is -0.179. The highest BCUT2D eigenvalue weighted by Crippen LogP contribution is 2.26. The maximum Gasteiger partial charge on any atom is 0.248 e. The summed E-state index contributed by atoms with van der Waals surface area (Å²) >= 11 is 5.38. The zero-order chi connectivity index (χ0) is 8.20. The van der Waals surface area contributed by atoms with Gasteiger partial charge in [0, 0.05) is 18.7 Å². The molecule has 0 aromatic carbocycles. The third-order valence-electron chi connectivity index (χ3n) is 1.43. The molecular formula is C7H13ClF2. The largest absolute Gasteiger partial charge is 0.248 e. The van der Waals surface area contributed by atoms with Crippen molar-refractivity contribution in [1.82, 2.24) is 0 Å². The van der Waals surface area contributed by atoms with Gasteiger partial charge in [-0.3, -0.25) is 0 Å². The SMILES string of the molecule is CCC(F)(F)CC(C)CCl. The molecule has 0 fully saturated rings. The Bertz CT molecular complexity index is 93.6. The first-order chi connectivity index (χ1) is 4.52. The van der Waals surface area contributed by atoms with Crippen LogP contribution in [0, 0.1) is 5.92 Å². The minimum Gasteiger partial charge on any atom is -0.207 e. The first kappa shape index (κ1) is 10.2. The fraction of sp³-hybridized carbons (Fsp3) is 1.00. The molecule has 0 amide bonds. The van der Waals surface area contributed by atoms with E-state index in [0.717, 1.165) is 0 Å². The average molecular weight is 171 g/mol. The summed E-state index contributed by atoms with van der Waals surface area (Å²) in [4.78, 5) is 0. The molecule has 0 saturated heterocycles. The summed E-state index contributed by atoms with van der Waals surface area (Å²) in [5.41, 5.74) is 0. The van der Waals surface area contributed by atoms with Crippen molar-refractivity contribution in [3.63, 3.8) is 0 Å². The molecule has 0 radical (unpaired) electrons. The molecule has 0 nitrogen and oxygen atoms in total. The average Bonchev–Trinajstić information content (AvgIpc) is 1.87. The van der Waals surface area contributed by atoms with Crippen molar-refractivity contribution < 1.29 is 8.78 Å². The van der Waals surface area contributed by atoms with Gasteiger partial charge in [-0.05, 0) is 5.92 Å². The highest BCUT2D eigenvalue weighted by molar-refractivity contribution is 6.18. The summed E-state index contributed by atoms with van der Waals surface area (Å²) < 4.78 is 25.1. The highest BCUT2D eigenvalue weighted by Gasteiger charge is 2.27. The Balaban J connectivity index is 3.64. The Morgan fingerprint density at radius 3 is 2.30 bits per heavy atom. The molecule has 1 unspecified atom stereocenters. The van der Waals surface area contributed by atoms with Gasteiger partial charge < -0.3 is 0 Å². The Morgan fingerprint density at radius 1 is 1.50 bits per heavy atom. The van der Waals surface area contributed by atoms with E-state index in [-0.39, 0.29) is 18.8 Å². The van der Waals surface area contributed by atoms with Gasteiger partial charge in [0.15, 0.2) is 0 Å². The summed E-state index contributed by atoms with van der Waals surface area (Å²) in [6, 6.07) is 0. The van der Waals surface area contributed by atoms with Gasteiger partial charge in [0.25, 0.3) is 0 Å². The molecule has 0 heterocycles. The third-order valence-corrected chi connectivity index (χ3v) is 1.95. The number of hydrogen-bond acceptors (Lipinski definition) is 0. The maximum absolute atomic E-state index is 12.5. The van der Waals surface area contributed by atoms with Crippen molar-refractivity contribution in [2.45, 2.75) is 32.6 Å². The van der Waals surface area contributed by atoms with Crippen LogP contribution in [0.3, 0.4) is 0 Å². The van der Waals surface area contributed by atoms with Gasteiger partial charge >= 0.3 is 0 Å². The third kappa shape index (κ3) is 4.04. The molecule has 62 valence electrons. The molecule has 0 aliphatic heterocycles. The highest BCUT2D eigenvalue weighted by atomic mass is 35.5. The summed E-state index contributed by atoms with van der Waals surface area (Å²) in [5.74, 6) is -2.29. The smallest absolute Gasteiger partial charge is 0.207 e. The van der Waals surface area contributed by atoms with Crippen LogP contribution >= 0.6 is 11.6 Å². The van der Waals surface area contributed by atoms with Crippen molar-refractivity contribution in [1.29, 1.82) is 0 Å². The lowest BCUT2D eigenvalue weighted by Crippen LogP contribution is -2.18. The monoisotopic (exact) mass is 170 g/mol. The molecule has 0 rings (SSSR count). The van der Waals surface area contributed by atoms with Crippen LogP contribution in [0.25, 0.3) is 0 Å². The quantitative estimate of drug-likeness (QED) is 0.568.